The van der Waals surface area contributed by atoms with E-state index in [1.54, 1.807) is 0 Å². The molecule has 354 valence electrons. The van der Waals surface area contributed by atoms with Gasteiger partial charge >= 0.3 is 0 Å². The summed E-state index contributed by atoms with van der Waals surface area (Å²) in [6.07, 6.45) is 0.805. The van der Waals surface area contributed by atoms with E-state index in [0.29, 0.717) is 0 Å². The molecule has 0 aliphatic heterocycles. The highest BCUT2D eigenvalue weighted by molar-refractivity contribution is 7.20. The van der Waals surface area contributed by atoms with E-state index < -0.39 is 144 Å². The number of unbranched alkanes of at least 4 members (excludes halogenated alkanes) is 3. The van der Waals surface area contributed by atoms with Crippen molar-refractivity contribution in [3.8, 4) is 0 Å². The van der Waals surface area contributed by atoms with Crippen molar-refractivity contribution in [3.63, 3.8) is 0 Å². The number of rotatable bonds is 15. The zero-order valence-electron chi connectivity index (χ0n) is 34.0. The van der Waals surface area contributed by atoms with E-state index in [1.807, 2.05) is 0 Å². The average Bonchev–Trinajstić information content (AvgIpc) is 3.29. The maximum absolute atomic E-state index is 15.4. The summed E-state index contributed by atoms with van der Waals surface area (Å²) in [5.74, 6) is -71.4. The van der Waals surface area contributed by atoms with Crippen LogP contribution in [0.2, 0.25) is 0 Å². The van der Waals surface area contributed by atoms with E-state index in [1.165, 1.54) is 74.8 Å². The van der Waals surface area contributed by atoms with Crippen molar-refractivity contribution < 1.29 is 92.3 Å². The van der Waals surface area contributed by atoms with Crippen LogP contribution < -0.4 is 21.9 Å². The summed E-state index contributed by atoms with van der Waals surface area (Å²) in [6, 6.07) is 11.1. The third kappa shape index (κ3) is 9.28. The Bertz CT molecular complexity index is 2150. The van der Waals surface area contributed by atoms with Gasteiger partial charge in [-0.25, -0.2) is 87.8 Å². The van der Waals surface area contributed by atoms with Crippen LogP contribution in [-0.2, 0) is 6.54 Å². The monoisotopic (exact) mass is 955 g/mol. The molecule has 5 aromatic carbocycles. The molecular weight excluding hydrogens is 921 g/mol. The van der Waals surface area contributed by atoms with E-state index in [-0.39, 0.29) is 0 Å². The second kappa shape index (κ2) is 20.9. The molecule has 0 heterocycles. The molecule has 0 atom stereocenters. The Labute approximate surface area is 357 Å². The first-order valence-corrected chi connectivity index (χ1v) is 19.6. The third-order valence-electron chi connectivity index (χ3n) is 11.0. The van der Waals surface area contributed by atoms with Crippen LogP contribution in [0.25, 0.3) is 0 Å². The van der Waals surface area contributed by atoms with Crippen molar-refractivity contribution in [1.29, 1.82) is 0 Å². The SMILES string of the molecule is CCCC[N+](CCCC)(CCCC)Cc1ccccc1.Fc1c(F)c(F)c([B-](c2c(F)c(F)c(F)c(F)c2F)(c2c(F)c(F)c(F)c(F)c2F)c2c(F)c(F)c(F)c(F)c2F)c(F)c1F. The van der Waals surface area contributed by atoms with Gasteiger partial charge in [0.15, 0.2) is 69.8 Å². The van der Waals surface area contributed by atoms with Crippen molar-refractivity contribution >= 4 is 28.0 Å². The Balaban J connectivity index is 0.000000387. The first kappa shape index (κ1) is 52.4. The van der Waals surface area contributed by atoms with Crippen LogP contribution in [-0.4, -0.2) is 30.3 Å². The third-order valence-corrected chi connectivity index (χ3v) is 11.0. The van der Waals surface area contributed by atoms with Gasteiger partial charge in [-0.1, -0.05) is 70.4 Å². The van der Waals surface area contributed by atoms with Gasteiger partial charge in [-0.3, -0.25) is 0 Å². The topological polar surface area (TPSA) is 0 Å². The molecule has 0 unspecified atom stereocenters. The summed E-state index contributed by atoms with van der Waals surface area (Å²) in [7, 11) is 0. The van der Waals surface area contributed by atoms with Crippen LogP contribution in [0.1, 0.15) is 64.9 Å². The lowest BCUT2D eigenvalue weighted by atomic mass is 9.12. The van der Waals surface area contributed by atoms with Gasteiger partial charge in [-0.2, -0.15) is 0 Å². The molecule has 0 bridgehead atoms. The number of quaternary nitrogens is 1. The maximum Gasteiger partial charge on any atom is 0.200 e. The Morgan fingerprint density at radius 2 is 0.508 bits per heavy atom. The zero-order chi connectivity index (χ0) is 49.0. The Morgan fingerprint density at radius 3 is 0.708 bits per heavy atom. The molecule has 0 N–H and O–H groups in total. The highest BCUT2D eigenvalue weighted by atomic mass is 19.2. The van der Waals surface area contributed by atoms with E-state index in [2.05, 4.69) is 51.1 Å². The molecule has 0 spiro atoms. The van der Waals surface area contributed by atoms with E-state index >= 15 is 35.1 Å². The molecule has 5 rings (SSSR count). The normalized spacial score (nSPS) is 11.9. The fourth-order valence-corrected chi connectivity index (χ4v) is 7.90. The van der Waals surface area contributed by atoms with Crippen LogP contribution in [0.4, 0.5) is 87.8 Å². The first-order valence-electron chi connectivity index (χ1n) is 19.6. The summed E-state index contributed by atoms with van der Waals surface area (Å²) >= 11 is 0. The molecule has 22 heteroatoms. The molecule has 0 aliphatic carbocycles. The summed E-state index contributed by atoms with van der Waals surface area (Å²) in [5.41, 5.74) is -12.8. The number of nitrogens with zero attached hydrogens (tertiary/aromatic N) is 1. The molecule has 0 saturated heterocycles. The van der Waals surface area contributed by atoms with Crippen molar-refractivity contribution in [2.24, 2.45) is 0 Å². The standard InChI is InChI=1S/C24BF20.C19H34N/c26-5-1(6(27)14(35)21(42)13(5)34)25(2-7(28)15(36)22(43)16(37)8(2)29,3-9(30)17(38)23(44)18(39)10(3)31)4-11(32)19(40)24(45)20(41)12(4)33;1-4-7-15-20(16-8-5-2,17-9-6-3)18-19-13-11-10-12-14-19/h;10-14H,4-9,15-18H2,1-3H3/q-1;+1. The molecule has 65 heavy (non-hydrogen) atoms. The van der Waals surface area contributed by atoms with Crippen molar-refractivity contribution in [1.82, 2.24) is 0 Å². The van der Waals surface area contributed by atoms with E-state index in [4.69, 9.17) is 0 Å². The number of hydrogen-bond donors (Lipinski definition) is 0. The smallest absolute Gasteiger partial charge is 0.200 e. The Morgan fingerprint density at radius 1 is 0.308 bits per heavy atom. The molecular formula is C43H34BF20N. The van der Waals surface area contributed by atoms with Crippen LogP contribution in [0, 0.1) is 116 Å². The zero-order valence-corrected chi connectivity index (χ0v) is 34.0. The van der Waals surface area contributed by atoms with E-state index in [0.717, 1.165) is 0 Å². The number of hydrogen-bond acceptors (Lipinski definition) is 0. The maximum atomic E-state index is 15.4. The van der Waals surface area contributed by atoms with Gasteiger partial charge in [0, 0.05) is 5.56 Å². The van der Waals surface area contributed by atoms with Gasteiger partial charge in [0.25, 0.3) is 0 Å². The fraction of sp³-hybridized carbons (Fsp3) is 0.302. The van der Waals surface area contributed by atoms with Crippen molar-refractivity contribution in [2.45, 2.75) is 65.8 Å². The average molecular weight is 956 g/mol. The highest BCUT2D eigenvalue weighted by Crippen LogP contribution is 2.31. The minimum atomic E-state index is -7.22. The van der Waals surface area contributed by atoms with Crippen LogP contribution in [0.15, 0.2) is 30.3 Å². The summed E-state index contributed by atoms with van der Waals surface area (Å²) in [4.78, 5) is 0. The fourth-order valence-electron chi connectivity index (χ4n) is 7.90. The lowest BCUT2D eigenvalue weighted by molar-refractivity contribution is -0.941. The van der Waals surface area contributed by atoms with Gasteiger partial charge in [-0.15, -0.1) is 21.9 Å². The molecule has 0 saturated carbocycles. The van der Waals surface area contributed by atoms with Gasteiger partial charge in [-0.05, 0) is 19.3 Å². The van der Waals surface area contributed by atoms with Crippen LogP contribution in [0.5, 0.6) is 0 Å². The van der Waals surface area contributed by atoms with Gasteiger partial charge in [0.05, 0.1) is 19.6 Å². The minimum Gasteiger partial charge on any atom is -0.320 e. The second-order valence-electron chi connectivity index (χ2n) is 15.0. The van der Waals surface area contributed by atoms with Gasteiger partial charge in [0.2, 0.25) is 0 Å². The second-order valence-corrected chi connectivity index (χ2v) is 15.0. The largest absolute Gasteiger partial charge is 0.320 e. The van der Waals surface area contributed by atoms with Crippen molar-refractivity contribution in [3.05, 3.63) is 152 Å². The highest BCUT2D eigenvalue weighted by Gasteiger charge is 2.52. The predicted molar refractivity (Wildman–Crippen MR) is 199 cm³/mol. The number of halogens is 20. The lowest BCUT2D eigenvalue weighted by Gasteiger charge is -2.44. The van der Waals surface area contributed by atoms with Gasteiger partial charge in [0.1, 0.15) is 59.2 Å². The van der Waals surface area contributed by atoms with Crippen molar-refractivity contribution in [2.75, 3.05) is 19.6 Å². The molecule has 5 aromatic rings. The summed E-state index contributed by atoms with van der Waals surface area (Å²) < 4.78 is 295. The summed E-state index contributed by atoms with van der Waals surface area (Å²) in [6.45, 7) is 12.2. The molecule has 0 amide bonds. The van der Waals surface area contributed by atoms with Gasteiger partial charge < -0.3 is 4.48 Å². The summed E-state index contributed by atoms with van der Waals surface area (Å²) in [5, 5.41) is 0. The molecule has 0 radical (unpaired) electrons. The van der Waals surface area contributed by atoms with E-state index in [9.17, 15) is 52.7 Å². The van der Waals surface area contributed by atoms with Crippen LogP contribution >= 0.6 is 0 Å². The first-order chi connectivity index (χ1) is 30.5. The molecule has 0 aliphatic rings. The molecule has 0 fully saturated rings. The molecule has 1 nitrogen and oxygen atoms in total. The minimum absolute atomic E-state index is 1.22. The van der Waals surface area contributed by atoms with Crippen LogP contribution in [0.3, 0.4) is 0 Å². The predicted octanol–water partition coefficient (Wildman–Crippen LogP) is 11.2. The Kier molecular flexibility index (Phi) is 16.8. The quantitative estimate of drug-likeness (QED) is 0.0323. The molecule has 0 aromatic heterocycles. The lowest BCUT2D eigenvalue weighted by Crippen LogP contribution is -2.81. The number of benzene rings is 5. The Hall–Kier alpha value is -5.28.